The summed E-state index contributed by atoms with van der Waals surface area (Å²) in [6.07, 6.45) is 0. The van der Waals surface area contributed by atoms with Crippen LogP contribution in [0.3, 0.4) is 0 Å². The molecule has 3 N–H and O–H groups in total. The summed E-state index contributed by atoms with van der Waals surface area (Å²) < 4.78 is 5.14. The van der Waals surface area contributed by atoms with E-state index in [1.807, 2.05) is 6.92 Å². The van der Waals surface area contributed by atoms with E-state index in [2.05, 4.69) is 10.6 Å². The van der Waals surface area contributed by atoms with Crippen LogP contribution in [0.5, 0.6) is 11.5 Å². The number of phenolic OH excluding ortho intramolecular Hbond substituents is 1. The number of ether oxygens (including phenoxy) is 1. The first-order valence-electron chi connectivity index (χ1n) is 6.51. The predicted octanol–water partition coefficient (Wildman–Crippen LogP) is 1.32. The third-order valence-electron chi connectivity index (χ3n) is 2.96. The number of aromatic hydroxyl groups is 1. The molecule has 0 aliphatic rings. The van der Waals surface area contributed by atoms with Gasteiger partial charge in [0.05, 0.1) is 7.11 Å². The van der Waals surface area contributed by atoms with E-state index in [-0.39, 0.29) is 17.8 Å². The second-order valence-electron chi connectivity index (χ2n) is 4.73. The van der Waals surface area contributed by atoms with Gasteiger partial charge in [-0.1, -0.05) is 0 Å². The molecule has 6 heteroatoms. The Morgan fingerprint density at radius 2 is 2.10 bits per heavy atom. The molecule has 0 saturated heterocycles. The second kappa shape index (κ2) is 7.59. The number of hydrogen-bond acceptors (Lipinski definition) is 4. The van der Waals surface area contributed by atoms with Crippen molar-refractivity contribution in [3.05, 3.63) is 23.8 Å². The molecule has 0 saturated carbocycles. The highest BCUT2D eigenvalue weighted by Gasteiger charge is 2.11. The summed E-state index contributed by atoms with van der Waals surface area (Å²) in [5.41, 5.74) is 0.767. The second-order valence-corrected chi connectivity index (χ2v) is 4.73. The van der Waals surface area contributed by atoms with E-state index in [0.29, 0.717) is 18.8 Å². The minimum atomic E-state index is -0.122. The SMILES string of the molecule is COc1ccc(O)c(C(C)NCCNC(=O)N(C)C)c1. The van der Waals surface area contributed by atoms with E-state index in [4.69, 9.17) is 4.74 Å². The maximum absolute atomic E-state index is 11.3. The molecule has 1 aromatic rings. The standard InChI is InChI=1S/C14H23N3O3/c1-10(15-7-8-16-14(19)17(2)3)12-9-11(20-4)5-6-13(12)18/h5-6,9-10,15,18H,7-8H2,1-4H3,(H,16,19). The van der Waals surface area contributed by atoms with E-state index in [1.165, 1.54) is 4.90 Å². The summed E-state index contributed by atoms with van der Waals surface area (Å²) in [6, 6.07) is 4.96. The van der Waals surface area contributed by atoms with Crippen LogP contribution >= 0.6 is 0 Å². The largest absolute Gasteiger partial charge is 0.508 e. The summed E-state index contributed by atoms with van der Waals surface area (Å²) in [7, 11) is 4.98. The van der Waals surface area contributed by atoms with E-state index in [1.54, 1.807) is 39.4 Å². The van der Waals surface area contributed by atoms with Gasteiger partial charge in [-0.3, -0.25) is 0 Å². The van der Waals surface area contributed by atoms with Crippen LogP contribution in [-0.2, 0) is 0 Å². The predicted molar refractivity (Wildman–Crippen MR) is 78.2 cm³/mol. The molecule has 6 nitrogen and oxygen atoms in total. The Bertz CT molecular complexity index is 449. The molecule has 0 aliphatic heterocycles. The first-order chi connectivity index (χ1) is 9.45. The lowest BCUT2D eigenvalue weighted by Gasteiger charge is -2.17. The van der Waals surface area contributed by atoms with Crippen molar-refractivity contribution in [1.29, 1.82) is 0 Å². The van der Waals surface area contributed by atoms with Gasteiger partial charge in [0.15, 0.2) is 0 Å². The highest BCUT2D eigenvalue weighted by Crippen LogP contribution is 2.27. The van der Waals surface area contributed by atoms with Crippen LogP contribution < -0.4 is 15.4 Å². The molecule has 2 amide bonds. The molecule has 1 rings (SSSR count). The van der Waals surface area contributed by atoms with Gasteiger partial charge in [0.25, 0.3) is 0 Å². The van der Waals surface area contributed by atoms with Crippen LogP contribution in [0.1, 0.15) is 18.5 Å². The average Bonchev–Trinajstić information content (AvgIpc) is 2.43. The Kier molecular flexibility index (Phi) is 6.11. The lowest BCUT2D eigenvalue weighted by Crippen LogP contribution is -2.38. The smallest absolute Gasteiger partial charge is 0.316 e. The molecular weight excluding hydrogens is 258 g/mol. The molecule has 0 heterocycles. The number of nitrogens with zero attached hydrogens (tertiary/aromatic N) is 1. The minimum Gasteiger partial charge on any atom is -0.508 e. The molecule has 112 valence electrons. The molecule has 0 radical (unpaired) electrons. The van der Waals surface area contributed by atoms with Crippen molar-refractivity contribution in [1.82, 2.24) is 15.5 Å². The maximum atomic E-state index is 11.3. The molecule has 0 fully saturated rings. The van der Waals surface area contributed by atoms with Crippen LogP contribution in [0.25, 0.3) is 0 Å². The number of benzene rings is 1. The molecule has 1 atom stereocenters. The minimum absolute atomic E-state index is 0.0404. The van der Waals surface area contributed by atoms with Gasteiger partial charge in [-0.15, -0.1) is 0 Å². The number of carbonyl (C=O) groups excluding carboxylic acids is 1. The van der Waals surface area contributed by atoms with Crippen molar-refractivity contribution in [2.75, 3.05) is 34.3 Å². The Morgan fingerprint density at radius 1 is 1.40 bits per heavy atom. The molecule has 20 heavy (non-hydrogen) atoms. The fourth-order valence-electron chi connectivity index (χ4n) is 1.73. The molecule has 1 unspecified atom stereocenters. The number of hydrogen-bond donors (Lipinski definition) is 3. The molecule has 0 bridgehead atoms. The zero-order valence-corrected chi connectivity index (χ0v) is 12.4. The molecule has 0 spiro atoms. The number of amides is 2. The number of rotatable bonds is 6. The Morgan fingerprint density at radius 3 is 2.70 bits per heavy atom. The van der Waals surface area contributed by atoms with Gasteiger partial charge in [-0.2, -0.15) is 0 Å². The van der Waals surface area contributed by atoms with Gasteiger partial charge in [0.2, 0.25) is 0 Å². The van der Waals surface area contributed by atoms with Crippen LogP contribution in [0.2, 0.25) is 0 Å². The zero-order chi connectivity index (χ0) is 15.1. The lowest BCUT2D eigenvalue weighted by molar-refractivity contribution is 0.217. The summed E-state index contributed by atoms with van der Waals surface area (Å²) in [5.74, 6) is 0.926. The van der Waals surface area contributed by atoms with Crippen molar-refractivity contribution in [2.24, 2.45) is 0 Å². The van der Waals surface area contributed by atoms with Crippen LogP contribution in [0.15, 0.2) is 18.2 Å². The Hall–Kier alpha value is -1.95. The van der Waals surface area contributed by atoms with Crippen LogP contribution in [-0.4, -0.2) is 50.3 Å². The highest BCUT2D eigenvalue weighted by atomic mass is 16.5. The summed E-state index contributed by atoms with van der Waals surface area (Å²) in [4.78, 5) is 12.8. The first-order valence-corrected chi connectivity index (χ1v) is 6.51. The molecular formula is C14H23N3O3. The Labute approximate surface area is 119 Å². The van der Waals surface area contributed by atoms with Gasteiger partial charge in [0.1, 0.15) is 11.5 Å². The normalized spacial score (nSPS) is 11.8. The summed E-state index contributed by atoms with van der Waals surface area (Å²) >= 11 is 0. The van der Waals surface area contributed by atoms with Gasteiger partial charge < -0.3 is 25.4 Å². The van der Waals surface area contributed by atoms with E-state index >= 15 is 0 Å². The highest BCUT2D eigenvalue weighted by molar-refractivity contribution is 5.73. The van der Waals surface area contributed by atoms with Gasteiger partial charge in [0, 0.05) is 38.8 Å². The topological polar surface area (TPSA) is 73.8 Å². The van der Waals surface area contributed by atoms with Crippen LogP contribution in [0, 0.1) is 0 Å². The van der Waals surface area contributed by atoms with E-state index < -0.39 is 0 Å². The third-order valence-corrected chi connectivity index (χ3v) is 2.96. The van der Waals surface area contributed by atoms with Gasteiger partial charge in [-0.05, 0) is 25.1 Å². The number of carbonyl (C=O) groups is 1. The third kappa shape index (κ3) is 4.62. The van der Waals surface area contributed by atoms with Gasteiger partial charge in [-0.25, -0.2) is 4.79 Å². The first kappa shape index (κ1) is 16.1. The molecule has 0 aromatic heterocycles. The van der Waals surface area contributed by atoms with Gasteiger partial charge >= 0.3 is 6.03 Å². The number of phenols is 1. The number of methoxy groups -OCH3 is 1. The number of urea groups is 1. The van der Waals surface area contributed by atoms with E-state index in [9.17, 15) is 9.90 Å². The van der Waals surface area contributed by atoms with Crippen LogP contribution in [0.4, 0.5) is 4.79 Å². The van der Waals surface area contributed by atoms with Crippen molar-refractivity contribution in [3.63, 3.8) is 0 Å². The molecule has 0 aliphatic carbocycles. The maximum Gasteiger partial charge on any atom is 0.316 e. The van der Waals surface area contributed by atoms with Crippen molar-refractivity contribution in [2.45, 2.75) is 13.0 Å². The zero-order valence-electron chi connectivity index (χ0n) is 12.4. The fourth-order valence-corrected chi connectivity index (χ4v) is 1.73. The quantitative estimate of drug-likeness (QED) is 0.688. The average molecular weight is 281 g/mol. The lowest BCUT2D eigenvalue weighted by atomic mass is 10.1. The van der Waals surface area contributed by atoms with E-state index in [0.717, 1.165) is 5.56 Å². The summed E-state index contributed by atoms with van der Waals surface area (Å²) in [6.45, 7) is 3.08. The van der Waals surface area contributed by atoms with Crippen molar-refractivity contribution < 1.29 is 14.6 Å². The molecule has 1 aromatic carbocycles. The van der Waals surface area contributed by atoms with Crippen molar-refractivity contribution >= 4 is 6.03 Å². The number of nitrogens with one attached hydrogen (secondary N) is 2. The monoisotopic (exact) mass is 281 g/mol. The summed E-state index contributed by atoms with van der Waals surface area (Å²) in [5, 5.41) is 15.8. The Balaban J connectivity index is 2.47. The van der Waals surface area contributed by atoms with Crippen molar-refractivity contribution in [3.8, 4) is 11.5 Å². The fraction of sp³-hybridized carbons (Fsp3) is 0.500.